The number of nitrogens with zero attached hydrogens (tertiary/aromatic N) is 2. The molecule has 1 heterocycles. The summed E-state index contributed by atoms with van der Waals surface area (Å²) in [6, 6.07) is -1.01. The largest absolute Gasteiger partial charge is 0.480 e. The van der Waals surface area contributed by atoms with E-state index in [0.717, 1.165) is 0 Å². The minimum Gasteiger partial charge on any atom is -0.480 e. The summed E-state index contributed by atoms with van der Waals surface area (Å²) in [5.74, 6) is -2.34. The number of rotatable bonds is 7. The molecule has 2 unspecified atom stereocenters. The van der Waals surface area contributed by atoms with Crippen LogP contribution in [0.15, 0.2) is 0 Å². The highest BCUT2D eigenvalue weighted by Crippen LogP contribution is 2.20. The molecule has 124 valence electrons. The summed E-state index contributed by atoms with van der Waals surface area (Å²) in [5.41, 5.74) is 0. The molecule has 1 aliphatic heterocycles. The van der Waals surface area contributed by atoms with Crippen LogP contribution >= 0.6 is 0 Å². The Morgan fingerprint density at radius 1 is 1.45 bits per heavy atom. The van der Waals surface area contributed by atoms with Gasteiger partial charge in [-0.2, -0.15) is 0 Å². The highest BCUT2D eigenvalue weighted by atomic mass is 16.4. The lowest BCUT2D eigenvalue weighted by Crippen LogP contribution is -2.49. The zero-order valence-corrected chi connectivity index (χ0v) is 13.2. The van der Waals surface area contributed by atoms with Crippen molar-refractivity contribution in [3.8, 4) is 0 Å². The molecule has 0 radical (unpaired) electrons. The average Bonchev–Trinajstić information content (AvgIpc) is 2.83. The van der Waals surface area contributed by atoms with Gasteiger partial charge >= 0.3 is 5.97 Å². The molecule has 1 fully saturated rings. The third-order valence-electron chi connectivity index (χ3n) is 3.78. The van der Waals surface area contributed by atoms with Crippen molar-refractivity contribution in [3.05, 3.63) is 0 Å². The molecule has 22 heavy (non-hydrogen) atoms. The fraction of sp³-hybridized carbons (Fsp3) is 0.714. The van der Waals surface area contributed by atoms with Gasteiger partial charge in [0.25, 0.3) is 0 Å². The second-order valence-electron chi connectivity index (χ2n) is 5.36. The minimum atomic E-state index is -1.12. The lowest BCUT2D eigenvalue weighted by molar-refractivity contribution is -0.151. The molecule has 0 spiro atoms. The third kappa shape index (κ3) is 4.44. The van der Waals surface area contributed by atoms with E-state index >= 15 is 0 Å². The van der Waals surface area contributed by atoms with E-state index in [2.05, 4.69) is 5.32 Å². The number of amides is 3. The van der Waals surface area contributed by atoms with E-state index in [-0.39, 0.29) is 37.2 Å². The number of hydrogen-bond donors (Lipinski definition) is 2. The van der Waals surface area contributed by atoms with Crippen LogP contribution in [0.3, 0.4) is 0 Å². The van der Waals surface area contributed by atoms with Crippen LogP contribution in [0.25, 0.3) is 0 Å². The number of hydrogen-bond acceptors (Lipinski definition) is 4. The molecule has 0 aliphatic carbocycles. The van der Waals surface area contributed by atoms with Crippen molar-refractivity contribution in [2.45, 2.75) is 33.2 Å². The molecule has 0 aromatic carbocycles. The fourth-order valence-corrected chi connectivity index (χ4v) is 2.46. The fourth-order valence-electron chi connectivity index (χ4n) is 2.46. The van der Waals surface area contributed by atoms with Crippen LogP contribution < -0.4 is 5.32 Å². The lowest BCUT2D eigenvalue weighted by Gasteiger charge is -2.29. The molecule has 8 heteroatoms. The standard InChI is InChI=1S/C14H23N3O5/c1-4-16-8-11(7-12(16)19)13(20)17(9(2)14(21)22)6-5-15-10(3)18/h9,11H,4-8H2,1-3H3,(H,15,18)(H,21,22). The molecule has 0 aromatic heterocycles. The van der Waals surface area contributed by atoms with Gasteiger partial charge in [0.2, 0.25) is 17.7 Å². The molecule has 0 aromatic rings. The van der Waals surface area contributed by atoms with Crippen LogP contribution in [-0.4, -0.2) is 70.8 Å². The summed E-state index contributed by atoms with van der Waals surface area (Å²) in [6.45, 7) is 5.72. The van der Waals surface area contributed by atoms with Gasteiger partial charge in [0, 0.05) is 39.5 Å². The van der Waals surface area contributed by atoms with Crippen molar-refractivity contribution in [1.29, 1.82) is 0 Å². The number of likely N-dealkylation sites (tertiary alicyclic amines) is 1. The topological polar surface area (TPSA) is 107 Å². The number of carboxylic acids is 1. The zero-order chi connectivity index (χ0) is 16.9. The molecule has 3 amide bonds. The highest BCUT2D eigenvalue weighted by molar-refractivity contribution is 5.91. The lowest BCUT2D eigenvalue weighted by atomic mass is 10.1. The van der Waals surface area contributed by atoms with Crippen molar-refractivity contribution >= 4 is 23.7 Å². The first-order valence-electron chi connectivity index (χ1n) is 7.33. The van der Waals surface area contributed by atoms with Crippen LogP contribution in [0.4, 0.5) is 0 Å². The number of nitrogens with one attached hydrogen (secondary N) is 1. The molecule has 8 nitrogen and oxygen atoms in total. The molecular formula is C14H23N3O5. The van der Waals surface area contributed by atoms with Crippen LogP contribution in [0, 0.1) is 5.92 Å². The quantitative estimate of drug-likeness (QED) is 0.646. The van der Waals surface area contributed by atoms with Gasteiger partial charge in [0.1, 0.15) is 6.04 Å². The Bertz CT molecular complexity index is 465. The van der Waals surface area contributed by atoms with E-state index in [1.165, 1.54) is 18.7 Å². The molecule has 1 aliphatic rings. The van der Waals surface area contributed by atoms with Crippen LogP contribution in [-0.2, 0) is 19.2 Å². The van der Waals surface area contributed by atoms with Crippen LogP contribution in [0.2, 0.25) is 0 Å². The first kappa shape index (κ1) is 17.9. The highest BCUT2D eigenvalue weighted by Gasteiger charge is 2.38. The molecular weight excluding hydrogens is 290 g/mol. The smallest absolute Gasteiger partial charge is 0.326 e. The Morgan fingerprint density at radius 3 is 2.55 bits per heavy atom. The van der Waals surface area contributed by atoms with Gasteiger partial charge in [-0.15, -0.1) is 0 Å². The van der Waals surface area contributed by atoms with Gasteiger partial charge in [-0.05, 0) is 13.8 Å². The van der Waals surface area contributed by atoms with E-state index < -0.39 is 17.9 Å². The van der Waals surface area contributed by atoms with Gasteiger partial charge in [0.05, 0.1) is 5.92 Å². The zero-order valence-electron chi connectivity index (χ0n) is 13.2. The van der Waals surface area contributed by atoms with Gasteiger partial charge in [0.15, 0.2) is 0 Å². The van der Waals surface area contributed by atoms with E-state index in [1.807, 2.05) is 6.92 Å². The van der Waals surface area contributed by atoms with Crippen molar-refractivity contribution in [3.63, 3.8) is 0 Å². The summed E-state index contributed by atoms with van der Waals surface area (Å²) in [6.07, 6.45) is 0.107. The summed E-state index contributed by atoms with van der Waals surface area (Å²) in [4.78, 5) is 49.2. The first-order valence-corrected chi connectivity index (χ1v) is 7.33. The number of carboxylic acid groups (broad SMARTS) is 1. The number of aliphatic carboxylic acids is 1. The monoisotopic (exact) mass is 313 g/mol. The Kier molecular flexibility index (Phi) is 6.33. The second-order valence-corrected chi connectivity index (χ2v) is 5.36. The van der Waals surface area contributed by atoms with Crippen molar-refractivity contribution in [2.24, 2.45) is 5.92 Å². The van der Waals surface area contributed by atoms with E-state index in [4.69, 9.17) is 5.11 Å². The van der Waals surface area contributed by atoms with E-state index in [1.54, 1.807) is 4.90 Å². The maximum absolute atomic E-state index is 12.5. The molecule has 1 saturated heterocycles. The summed E-state index contributed by atoms with van der Waals surface area (Å²) in [7, 11) is 0. The maximum Gasteiger partial charge on any atom is 0.326 e. The summed E-state index contributed by atoms with van der Waals surface area (Å²) in [5, 5.41) is 11.7. The second kappa shape index (κ2) is 7.77. The molecule has 2 N–H and O–H groups in total. The van der Waals surface area contributed by atoms with Crippen molar-refractivity contribution < 1.29 is 24.3 Å². The first-order chi connectivity index (χ1) is 10.3. The summed E-state index contributed by atoms with van der Waals surface area (Å²) >= 11 is 0. The Labute approximate surface area is 129 Å². The average molecular weight is 313 g/mol. The maximum atomic E-state index is 12.5. The Morgan fingerprint density at radius 2 is 2.09 bits per heavy atom. The van der Waals surface area contributed by atoms with Crippen LogP contribution in [0.1, 0.15) is 27.2 Å². The van der Waals surface area contributed by atoms with E-state index in [9.17, 15) is 19.2 Å². The minimum absolute atomic E-state index is 0.0920. The summed E-state index contributed by atoms with van der Waals surface area (Å²) < 4.78 is 0. The number of carbonyl (C=O) groups is 4. The van der Waals surface area contributed by atoms with Gasteiger partial charge in [-0.3, -0.25) is 14.4 Å². The normalized spacial score (nSPS) is 19.0. The Hall–Kier alpha value is -2.12. The van der Waals surface area contributed by atoms with Crippen molar-refractivity contribution in [2.75, 3.05) is 26.2 Å². The Balaban J connectivity index is 2.77. The predicted molar refractivity (Wildman–Crippen MR) is 77.9 cm³/mol. The molecule has 2 atom stereocenters. The van der Waals surface area contributed by atoms with Gasteiger partial charge in [-0.1, -0.05) is 0 Å². The SMILES string of the molecule is CCN1CC(C(=O)N(CCNC(C)=O)C(C)C(=O)O)CC1=O. The molecule has 0 saturated carbocycles. The molecule has 0 bridgehead atoms. The third-order valence-corrected chi connectivity index (χ3v) is 3.78. The van der Waals surface area contributed by atoms with Crippen molar-refractivity contribution in [1.82, 2.24) is 15.1 Å². The molecule has 1 rings (SSSR count). The predicted octanol–water partition coefficient (Wildman–Crippen LogP) is -0.707. The number of carbonyl (C=O) groups excluding carboxylic acids is 3. The van der Waals surface area contributed by atoms with Gasteiger partial charge in [-0.25, -0.2) is 4.79 Å². The van der Waals surface area contributed by atoms with E-state index in [0.29, 0.717) is 13.1 Å². The van der Waals surface area contributed by atoms with Crippen LogP contribution in [0.5, 0.6) is 0 Å². The van der Waals surface area contributed by atoms with Gasteiger partial charge < -0.3 is 20.2 Å².